The lowest BCUT2D eigenvalue weighted by Gasteiger charge is -2.25. The quantitative estimate of drug-likeness (QED) is 0.874. The molecular weight excluding hydrogens is 273 g/mol. The molecule has 90 valence electrons. The van der Waals surface area contributed by atoms with E-state index in [0.717, 1.165) is 10.0 Å². The summed E-state index contributed by atoms with van der Waals surface area (Å²) < 4.78 is 13.9. The monoisotopic (exact) mass is 289 g/mol. The van der Waals surface area contributed by atoms with Gasteiger partial charge in [0.1, 0.15) is 5.82 Å². The van der Waals surface area contributed by atoms with E-state index in [4.69, 9.17) is 5.11 Å². The Morgan fingerprint density at radius 3 is 2.75 bits per heavy atom. The van der Waals surface area contributed by atoms with Gasteiger partial charge < -0.3 is 10.4 Å². The van der Waals surface area contributed by atoms with Crippen LogP contribution in [0.3, 0.4) is 0 Å². The van der Waals surface area contributed by atoms with Crippen molar-refractivity contribution >= 4 is 15.9 Å². The number of aliphatic hydroxyl groups excluding tert-OH is 1. The molecule has 0 bridgehead atoms. The van der Waals surface area contributed by atoms with Gasteiger partial charge in [0.25, 0.3) is 0 Å². The van der Waals surface area contributed by atoms with E-state index in [9.17, 15) is 4.39 Å². The minimum absolute atomic E-state index is 0.143. The minimum Gasteiger partial charge on any atom is -0.396 e. The molecule has 0 unspecified atom stereocenters. The average molecular weight is 290 g/mol. The van der Waals surface area contributed by atoms with Crippen molar-refractivity contribution in [2.24, 2.45) is 0 Å². The van der Waals surface area contributed by atoms with Gasteiger partial charge in [0.2, 0.25) is 0 Å². The second-order valence-electron chi connectivity index (χ2n) is 4.45. The van der Waals surface area contributed by atoms with Crippen LogP contribution in [0.4, 0.5) is 4.39 Å². The molecule has 0 saturated carbocycles. The van der Waals surface area contributed by atoms with Gasteiger partial charge in [-0.2, -0.15) is 0 Å². The van der Waals surface area contributed by atoms with Crippen LogP contribution in [-0.4, -0.2) is 17.3 Å². The van der Waals surface area contributed by atoms with Gasteiger partial charge in [0, 0.05) is 23.2 Å². The topological polar surface area (TPSA) is 32.3 Å². The Balaban J connectivity index is 2.63. The lowest BCUT2D eigenvalue weighted by atomic mass is 10.0. The van der Waals surface area contributed by atoms with Crippen LogP contribution >= 0.6 is 15.9 Å². The van der Waals surface area contributed by atoms with E-state index in [1.165, 1.54) is 12.1 Å². The molecule has 16 heavy (non-hydrogen) atoms. The van der Waals surface area contributed by atoms with Crippen molar-refractivity contribution < 1.29 is 9.50 Å². The fourth-order valence-electron chi connectivity index (χ4n) is 1.38. The highest BCUT2D eigenvalue weighted by Gasteiger charge is 2.16. The van der Waals surface area contributed by atoms with Crippen LogP contribution < -0.4 is 5.32 Å². The van der Waals surface area contributed by atoms with E-state index >= 15 is 0 Å². The van der Waals surface area contributed by atoms with Crippen LogP contribution in [0.15, 0.2) is 22.7 Å². The summed E-state index contributed by atoms with van der Waals surface area (Å²) >= 11 is 3.38. The first-order valence-corrected chi connectivity index (χ1v) is 6.04. The molecule has 0 aliphatic rings. The number of aliphatic hydroxyl groups is 1. The van der Waals surface area contributed by atoms with Gasteiger partial charge in [-0.25, -0.2) is 4.39 Å². The van der Waals surface area contributed by atoms with Gasteiger partial charge in [-0.15, -0.1) is 0 Å². The normalized spacial score (nSPS) is 11.8. The predicted octanol–water partition coefficient (Wildman–Crippen LogP) is 2.84. The van der Waals surface area contributed by atoms with E-state index in [2.05, 4.69) is 21.2 Å². The van der Waals surface area contributed by atoms with Crippen molar-refractivity contribution in [3.63, 3.8) is 0 Å². The first-order chi connectivity index (χ1) is 7.44. The molecule has 1 aromatic carbocycles. The molecule has 1 rings (SSSR count). The molecule has 0 aliphatic heterocycles. The van der Waals surface area contributed by atoms with Gasteiger partial charge in [0.15, 0.2) is 0 Å². The zero-order valence-corrected chi connectivity index (χ0v) is 11.1. The summed E-state index contributed by atoms with van der Waals surface area (Å²) in [7, 11) is 0. The number of halogens is 2. The summed E-state index contributed by atoms with van der Waals surface area (Å²) in [6, 6.07) is 4.63. The van der Waals surface area contributed by atoms with E-state index in [1.807, 2.05) is 13.8 Å². The molecule has 0 aromatic heterocycles. The summed E-state index contributed by atoms with van der Waals surface area (Å²) in [4.78, 5) is 0. The fourth-order valence-corrected chi connectivity index (χ4v) is 1.77. The Morgan fingerprint density at radius 1 is 1.44 bits per heavy atom. The van der Waals surface area contributed by atoms with Gasteiger partial charge in [-0.05, 0) is 44.0 Å². The lowest BCUT2D eigenvalue weighted by Crippen LogP contribution is -2.39. The molecule has 0 amide bonds. The molecule has 0 saturated heterocycles. The number of nitrogens with one attached hydrogen (secondary N) is 1. The second kappa shape index (κ2) is 5.75. The van der Waals surface area contributed by atoms with Gasteiger partial charge in [-0.3, -0.25) is 0 Å². The van der Waals surface area contributed by atoms with E-state index in [1.54, 1.807) is 6.07 Å². The first kappa shape index (κ1) is 13.6. The summed E-state index contributed by atoms with van der Waals surface area (Å²) in [5, 5.41) is 12.2. The second-order valence-corrected chi connectivity index (χ2v) is 5.30. The highest BCUT2D eigenvalue weighted by atomic mass is 79.9. The Bertz CT molecular complexity index is 355. The van der Waals surface area contributed by atoms with Crippen molar-refractivity contribution in [2.45, 2.75) is 32.4 Å². The molecule has 2 nitrogen and oxygen atoms in total. The highest BCUT2D eigenvalue weighted by Crippen LogP contribution is 2.19. The molecule has 0 heterocycles. The maximum Gasteiger partial charge on any atom is 0.123 e. The minimum atomic E-state index is -0.236. The van der Waals surface area contributed by atoms with Gasteiger partial charge in [-0.1, -0.05) is 15.9 Å². The smallest absolute Gasteiger partial charge is 0.123 e. The van der Waals surface area contributed by atoms with Crippen molar-refractivity contribution in [3.05, 3.63) is 34.1 Å². The zero-order chi connectivity index (χ0) is 12.2. The maximum absolute atomic E-state index is 13.0. The summed E-state index contributed by atoms with van der Waals surface area (Å²) in [6.07, 6.45) is 0.667. The third kappa shape index (κ3) is 4.20. The number of hydrogen-bond acceptors (Lipinski definition) is 2. The largest absolute Gasteiger partial charge is 0.396 e. The molecule has 2 N–H and O–H groups in total. The zero-order valence-electron chi connectivity index (χ0n) is 9.56. The lowest BCUT2D eigenvalue weighted by molar-refractivity contribution is 0.230. The van der Waals surface area contributed by atoms with Crippen LogP contribution in [0.5, 0.6) is 0 Å². The van der Waals surface area contributed by atoms with E-state index in [0.29, 0.717) is 13.0 Å². The Kier molecular flexibility index (Phi) is 4.89. The average Bonchev–Trinajstić information content (AvgIpc) is 2.19. The van der Waals surface area contributed by atoms with Crippen LogP contribution in [0, 0.1) is 5.82 Å². The molecular formula is C12H17BrFNO. The molecule has 4 heteroatoms. The number of benzene rings is 1. The Labute approximate surface area is 104 Å². The maximum atomic E-state index is 13.0. The van der Waals surface area contributed by atoms with Crippen molar-refractivity contribution in [3.8, 4) is 0 Å². The third-order valence-corrected chi connectivity index (χ3v) is 3.28. The predicted molar refractivity (Wildman–Crippen MR) is 66.7 cm³/mol. The SMILES string of the molecule is CC(C)(CCO)NCc1cc(F)ccc1Br. The third-order valence-electron chi connectivity index (χ3n) is 2.50. The number of hydrogen-bond donors (Lipinski definition) is 2. The molecule has 0 radical (unpaired) electrons. The standard InChI is InChI=1S/C12H17BrFNO/c1-12(2,5-6-16)15-8-9-7-10(14)3-4-11(9)13/h3-4,7,15-16H,5-6,8H2,1-2H3. The van der Waals surface area contributed by atoms with Crippen LogP contribution in [0.2, 0.25) is 0 Å². The number of rotatable bonds is 5. The van der Waals surface area contributed by atoms with Crippen LogP contribution in [0.1, 0.15) is 25.8 Å². The fraction of sp³-hybridized carbons (Fsp3) is 0.500. The molecule has 0 fully saturated rings. The van der Waals surface area contributed by atoms with Gasteiger partial charge in [0.05, 0.1) is 0 Å². The van der Waals surface area contributed by atoms with Crippen LogP contribution in [-0.2, 0) is 6.54 Å². The van der Waals surface area contributed by atoms with Crippen molar-refractivity contribution in [2.75, 3.05) is 6.61 Å². The Hall–Kier alpha value is -0.450. The molecule has 1 aromatic rings. The van der Waals surface area contributed by atoms with E-state index < -0.39 is 0 Å². The Morgan fingerprint density at radius 2 is 2.12 bits per heavy atom. The van der Waals surface area contributed by atoms with E-state index in [-0.39, 0.29) is 18.0 Å². The first-order valence-electron chi connectivity index (χ1n) is 5.24. The van der Waals surface area contributed by atoms with Crippen molar-refractivity contribution in [1.29, 1.82) is 0 Å². The summed E-state index contributed by atoms with van der Waals surface area (Å²) in [6.45, 7) is 4.74. The summed E-state index contributed by atoms with van der Waals surface area (Å²) in [5.74, 6) is -0.236. The molecule has 0 aliphatic carbocycles. The van der Waals surface area contributed by atoms with Crippen molar-refractivity contribution in [1.82, 2.24) is 5.32 Å². The molecule has 0 spiro atoms. The van der Waals surface area contributed by atoms with Gasteiger partial charge >= 0.3 is 0 Å². The molecule has 0 atom stereocenters. The van der Waals surface area contributed by atoms with Crippen LogP contribution in [0.25, 0.3) is 0 Å². The highest BCUT2D eigenvalue weighted by molar-refractivity contribution is 9.10. The summed E-state index contributed by atoms with van der Waals surface area (Å²) in [5.41, 5.74) is 0.728.